The lowest BCUT2D eigenvalue weighted by atomic mass is 9.95. The molecule has 0 bridgehead atoms. The maximum Gasteiger partial charge on any atom is 0.223 e. The number of carbonyl (C=O) groups excluding carboxylic acids is 1. The van der Waals surface area contributed by atoms with Gasteiger partial charge in [0, 0.05) is 43.4 Å². The van der Waals surface area contributed by atoms with E-state index >= 15 is 0 Å². The number of nitrogens with one attached hydrogen (secondary N) is 1. The molecule has 0 aliphatic carbocycles. The summed E-state index contributed by atoms with van der Waals surface area (Å²) in [5.74, 6) is 0.333. The van der Waals surface area contributed by atoms with Gasteiger partial charge >= 0.3 is 0 Å². The van der Waals surface area contributed by atoms with E-state index in [1.54, 1.807) is 0 Å². The highest BCUT2D eigenvalue weighted by atomic mass is 16.5. The van der Waals surface area contributed by atoms with Gasteiger partial charge < -0.3 is 14.6 Å². The maximum atomic E-state index is 12.6. The number of piperidine rings is 1. The van der Waals surface area contributed by atoms with Crippen molar-refractivity contribution in [2.75, 3.05) is 26.2 Å². The largest absolute Gasteiger partial charge is 0.376 e. The molecule has 174 valence electrons. The van der Waals surface area contributed by atoms with Gasteiger partial charge in [0.05, 0.1) is 6.10 Å². The maximum absolute atomic E-state index is 12.6. The lowest BCUT2D eigenvalue weighted by Crippen LogP contribution is -2.42. The van der Waals surface area contributed by atoms with Gasteiger partial charge in [-0.2, -0.15) is 0 Å². The van der Waals surface area contributed by atoms with Gasteiger partial charge in [0.25, 0.3) is 0 Å². The fourth-order valence-corrected chi connectivity index (χ4v) is 5.21. The Hall–Kier alpha value is -2.63. The molecule has 1 atom stereocenters. The highest BCUT2D eigenvalue weighted by Crippen LogP contribution is 2.25. The minimum Gasteiger partial charge on any atom is -0.376 e. The molecule has 2 aromatic carbocycles. The van der Waals surface area contributed by atoms with Crippen LogP contribution in [0.15, 0.2) is 54.6 Å². The number of aromatic nitrogens is 1. The normalized spacial score (nSPS) is 19.8. The highest BCUT2D eigenvalue weighted by molar-refractivity contribution is 5.81. The number of carbonyl (C=O) groups is 1. The van der Waals surface area contributed by atoms with Crippen molar-refractivity contribution >= 4 is 16.8 Å². The number of fused-ring (bicyclic) bond motifs is 1. The summed E-state index contributed by atoms with van der Waals surface area (Å²) in [6.45, 7) is 7.36. The summed E-state index contributed by atoms with van der Waals surface area (Å²) in [6.07, 6.45) is 4.24. The van der Waals surface area contributed by atoms with Crippen molar-refractivity contribution < 1.29 is 9.53 Å². The van der Waals surface area contributed by atoms with Crippen molar-refractivity contribution in [3.8, 4) is 0 Å². The number of ether oxygens (including phenoxy) is 1. The van der Waals surface area contributed by atoms with Crippen LogP contribution < -0.4 is 5.32 Å². The van der Waals surface area contributed by atoms with E-state index in [9.17, 15) is 4.79 Å². The Kier molecular flexibility index (Phi) is 6.79. The smallest absolute Gasteiger partial charge is 0.223 e. The fourth-order valence-electron chi connectivity index (χ4n) is 5.21. The zero-order valence-electron chi connectivity index (χ0n) is 19.6. The third kappa shape index (κ3) is 5.31. The van der Waals surface area contributed by atoms with E-state index in [1.807, 2.05) is 0 Å². The molecular formula is C28H35N3O2. The Morgan fingerprint density at radius 3 is 2.58 bits per heavy atom. The average molecular weight is 446 g/mol. The number of aryl methyl sites for hydroxylation is 1. The Balaban J connectivity index is 1.22. The number of likely N-dealkylation sites (tertiary alicyclic amines) is 1. The zero-order chi connectivity index (χ0) is 22.6. The minimum absolute atomic E-state index is 0.126. The molecule has 5 rings (SSSR count). The monoisotopic (exact) mass is 445 g/mol. The van der Waals surface area contributed by atoms with Crippen LogP contribution in [0.2, 0.25) is 0 Å². The van der Waals surface area contributed by atoms with Crippen LogP contribution in [-0.4, -0.2) is 47.7 Å². The SMILES string of the molecule is Cc1ccc(Cn2c(CN3CCC(C(=O)NCC4CCCO4)CC3)cc3ccccc32)cc1. The topological polar surface area (TPSA) is 46.5 Å². The summed E-state index contributed by atoms with van der Waals surface area (Å²) in [5.41, 5.74) is 5.25. The Morgan fingerprint density at radius 1 is 1.03 bits per heavy atom. The summed E-state index contributed by atoms with van der Waals surface area (Å²) in [4.78, 5) is 15.1. The predicted molar refractivity (Wildman–Crippen MR) is 132 cm³/mol. The molecule has 3 heterocycles. The van der Waals surface area contributed by atoms with E-state index < -0.39 is 0 Å². The van der Waals surface area contributed by atoms with Crippen LogP contribution in [0.3, 0.4) is 0 Å². The molecule has 1 amide bonds. The zero-order valence-corrected chi connectivity index (χ0v) is 19.6. The second kappa shape index (κ2) is 10.1. The van der Waals surface area contributed by atoms with E-state index in [2.05, 4.69) is 76.3 Å². The summed E-state index contributed by atoms with van der Waals surface area (Å²) >= 11 is 0. The molecular weight excluding hydrogens is 410 g/mol. The van der Waals surface area contributed by atoms with E-state index in [0.29, 0.717) is 6.54 Å². The van der Waals surface area contributed by atoms with Crippen LogP contribution in [0, 0.1) is 12.8 Å². The minimum atomic E-state index is 0.126. The molecule has 1 unspecified atom stereocenters. The van der Waals surface area contributed by atoms with Crippen LogP contribution >= 0.6 is 0 Å². The van der Waals surface area contributed by atoms with Crippen LogP contribution in [0.1, 0.15) is 42.5 Å². The molecule has 3 aromatic rings. The van der Waals surface area contributed by atoms with Gasteiger partial charge in [0.15, 0.2) is 0 Å². The van der Waals surface area contributed by atoms with Crippen LogP contribution in [-0.2, 0) is 22.6 Å². The quantitative estimate of drug-likeness (QED) is 0.582. The summed E-state index contributed by atoms with van der Waals surface area (Å²) in [7, 11) is 0. The Bertz CT molecular complexity index is 1070. The Morgan fingerprint density at radius 2 is 1.82 bits per heavy atom. The van der Waals surface area contributed by atoms with Crippen LogP contribution in [0.4, 0.5) is 0 Å². The first-order chi connectivity index (χ1) is 16.2. The predicted octanol–water partition coefficient (Wildman–Crippen LogP) is 4.51. The third-order valence-corrected chi connectivity index (χ3v) is 7.23. The van der Waals surface area contributed by atoms with Crippen LogP contribution in [0.5, 0.6) is 0 Å². The van der Waals surface area contributed by atoms with E-state index in [4.69, 9.17) is 4.74 Å². The molecule has 2 fully saturated rings. The van der Waals surface area contributed by atoms with Crippen molar-refractivity contribution in [2.24, 2.45) is 5.92 Å². The van der Waals surface area contributed by atoms with E-state index in [-0.39, 0.29) is 17.9 Å². The third-order valence-electron chi connectivity index (χ3n) is 7.23. The molecule has 2 aliphatic rings. The summed E-state index contributed by atoms with van der Waals surface area (Å²) < 4.78 is 8.09. The molecule has 5 heteroatoms. The van der Waals surface area contributed by atoms with Crippen LogP contribution in [0.25, 0.3) is 10.9 Å². The van der Waals surface area contributed by atoms with Crippen molar-refractivity contribution in [3.05, 3.63) is 71.4 Å². The number of hydrogen-bond donors (Lipinski definition) is 1. The van der Waals surface area contributed by atoms with Gasteiger partial charge in [-0.25, -0.2) is 0 Å². The average Bonchev–Trinajstić information content (AvgIpc) is 3.48. The standard InChI is InChI=1S/C28H35N3O2/c1-21-8-10-22(11-9-21)19-31-25(17-24-5-2-3-7-27(24)31)20-30-14-12-23(13-15-30)28(32)29-18-26-6-4-16-33-26/h2-3,5,7-11,17,23,26H,4,6,12-16,18-20H2,1H3,(H,29,32). The first-order valence-corrected chi connectivity index (χ1v) is 12.4. The Labute approximate surface area is 196 Å². The van der Waals surface area contributed by atoms with Crippen molar-refractivity contribution in [2.45, 2.75) is 51.8 Å². The first kappa shape index (κ1) is 22.2. The van der Waals surface area contributed by atoms with Gasteiger partial charge in [-0.3, -0.25) is 9.69 Å². The molecule has 5 nitrogen and oxygen atoms in total. The van der Waals surface area contributed by atoms with Crippen molar-refractivity contribution in [3.63, 3.8) is 0 Å². The number of hydrogen-bond acceptors (Lipinski definition) is 3. The number of rotatable bonds is 7. The van der Waals surface area contributed by atoms with Crippen molar-refractivity contribution in [1.82, 2.24) is 14.8 Å². The molecule has 0 saturated carbocycles. The van der Waals surface area contributed by atoms with E-state index in [0.717, 1.165) is 58.5 Å². The van der Waals surface area contributed by atoms with E-state index in [1.165, 1.54) is 27.7 Å². The van der Waals surface area contributed by atoms with Gasteiger partial charge in [-0.15, -0.1) is 0 Å². The summed E-state index contributed by atoms with van der Waals surface area (Å²) in [6, 6.07) is 19.8. The lowest BCUT2D eigenvalue weighted by Gasteiger charge is -2.31. The molecule has 0 spiro atoms. The molecule has 1 N–H and O–H groups in total. The second-order valence-electron chi connectivity index (χ2n) is 9.70. The van der Waals surface area contributed by atoms with Gasteiger partial charge in [-0.1, -0.05) is 48.0 Å². The molecule has 2 saturated heterocycles. The number of nitrogens with zero attached hydrogens (tertiary/aromatic N) is 2. The summed E-state index contributed by atoms with van der Waals surface area (Å²) in [5, 5.41) is 4.42. The second-order valence-corrected chi connectivity index (χ2v) is 9.70. The number of para-hydroxylation sites is 1. The fraction of sp³-hybridized carbons (Fsp3) is 0.464. The molecule has 0 radical (unpaired) electrons. The number of benzene rings is 2. The molecule has 2 aliphatic heterocycles. The number of amides is 1. The molecule has 33 heavy (non-hydrogen) atoms. The van der Waals surface area contributed by atoms with Gasteiger partial charge in [0.1, 0.15) is 0 Å². The van der Waals surface area contributed by atoms with Gasteiger partial charge in [0.2, 0.25) is 5.91 Å². The van der Waals surface area contributed by atoms with Crippen molar-refractivity contribution in [1.29, 1.82) is 0 Å². The molecule has 1 aromatic heterocycles. The van der Waals surface area contributed by atoms with Gasteiger partial charge in [-0.05, 0) is 68.8 Å². The highest BCUT2D eigenvalue weighted by Gasteiger charge is 2.26. The lowest BCUT2D eigenvalue weighted by molar-refractivity contribution is -0.127. The first-order valence-electron chi connectivity index (χ1n) is 12.4.